The van der Waals surface area contributed by atoms with Gasteiger partial charge in [-0.25, -0.2) is 4.79 Å². The van der Waals surface area contributed by atoms with Crippen LogP contribution in [0.2, 0.25) is 0 Å². The van der Waals surface area contributed by atoms with Gasteiger partial charge in [-0.15, -0.1) is 0 Å². The van der Waals surface area contributed by atoms with E-state index in [1.165, 1.54) is 19.3 Å². The maximum atomic E-state index is 13.2. The van der Waals surface area contributed by atoms with Gasteiger partial charge < -0.3 is 19.9 Å². The summed E-state index contributed by atoms with van der Waals surface area (Å²) in [5, 5.41) is 4.18. The number of H-pyrrole nitrogens is 1. The highest BCUT2D eigenvalue weighted by Gasteiger charge is 2.29. The van der Waals surface area contributed by atoms with Crippen LogP contribution in [0, 0.1) is 0 Å². The van der Waals surface area contributed by atoms with Crippen molar-refractivity contribution in [3.8, 4) is 5.75 Å². The molecule has 0 atom stereocenters. The molecule has 0 unspecified atom stereocenters. The van der Waals surface area contributed by atoms with E-state index >= 15 is 0 Å². The van der Waals surface area contributed by atoms with Crippen LogP contribution >= 0.6 is 0 Å². The van der Waals surface area contributed by atoms with Crippen LogP contribution in [0.25, 0.3) is 10.9 Å². The molecule has 2 aliphatic carbocycles. The van der Waals surface area contributed by atoms with Gasteiger partial charge in [0.1, 0.15) is 5.75 Å². The standard InChI is InChI=1S/C24H33N3O3/c1-2-30-21-12-13-22-17(15-21)14-18(23(28)26-22)16-27(20-10-6-7-11-20)24(29)25-19-8-4-3-5-9-19/h12-15,19-20H,2-11,16H2,1H3,(H,25,29)(H,26,28). The molecule has 2 fully saturated rings. The van der Waals surface area contributed by atoms with Crippen molar-refractivity contribution in [2.45, 2.75) is 83.3 Å². The number of nitrogens with one attached hydrogen (secondary N) is 2. The molecular weight excluding hydrogens is 378 g/mol. The summed E-state index contributed by atoms with van der Waals surface area (Å²) >= 11 is 0. The fourth-order valence-electron chi connectivity index (χ4n) is 4.87. The van der Waals surface area contributed by atoms with E-state index in [9.17, 15) is 9.59 Å². The minimum atomic E-state index is -0.125. The first-order chi connectivity index (χ1) is 14.6. The predicted octanol–water partition coefficient (Wildman–Crippen LogP) is 4.71. The second-order valence-corrected chi connectivity index (χ2v) is 8.66. The third kappa shape index (κ3) is 4.79. The van der Waals surface area contributed by atoms with E-state index < -0.39 is 0 Å². The summed E-state index contributed by atoms with van der Waals surface area (Å²) < 4.78 is 5.60. The molecule has 1 aromatic carbocycles. The molecule has 0 spiro atoms. The molecule has 2 N–H and O–H groups in total. The number of rotatable bonds is 6. The van der Waals surface area contributed by atoms with Gasteiger partial charge in [-0.2, -0.15) is 0 Å². The van der Waals surface area contributed by atoms with Crippen LogP contribution < -0.4 is 15.6 Å². The predicted molar refractivity (Wildman–Crippen MR) is 119 cm³/mol. The molecule has 0 bridgehead atoms. The van der Waals surface area contributed by atoms with Gasteiger partial charge >= 0.3 is 6.03 Å². The quantitative estimate of drug-likeness (QED) is 0.723. The maximum absolute atomic E-state index is 13.2. The number of ether oxygens (including phenoxy) is 1. The molecule has 2 aliphatic rings. The van der Waals surface area contributed by atoms with Crippen molar-refractivity contribution >= 4 is 16.9 Å². The smallest absolute Gasteiger partial charge is 0.318 e. The second kappa shape index (κ2) is 9.54. The van der Waals surface area contributed by atoms with Gasteiger partial charge in [0.25, 0.3) is 5.56 Å². The van der Waals surface area contributed by atoms with E-state index in [-0.39, 0.29) is 23.7 Å². The number of benzene rings is 1. The largest absolute Gasteiger partial charge is 0.494 e. The lowest BCUT2D eigenvalue weighted by Gasteiger charge is -2.32. The van der Waals surface area contributed by atoms with E-state index in [2.05, 4.69) is 10.3 Å². The molecule has 2 amide bonds. The Kier molecular flexibility index (Phi) is 6.60. The second-order valence-electron chi connectivity index (χ2n) is 8.66. The summed E-state index contributed by atoms with van der Waals surface area (Å²) in [6.45, 7) is 2.89. The van der Waals surface area contributed by atoms with Crippen molar-refractivity contribution in [2.24, 2.45) is 0 Å². The van der Waals surface area contributed by atoms with Gasteiger partial charge in [0, 0.05) is 28.6 Å². The zero-order valence-electron chi connectivity index (χ0n) is 17.9. The zero-order chi connectivity index (χ0) is 20.9. The first-order valence-corrected chi connectivity index (χ1v) is 11.5. The fraction of sp³-hybridized carbons (Fsp3) is 0.583. The molecule has 2 aromatic rings. The van der Waals surface area contributed by atoms with Crippen LogP contribution in [0.1, 0.15) is 70.3 Å². The highest BCUT2D eigenvalue weighted by Crippen LogP contribution is 2.26. The van der Waals surface area contributed by atoms with Gasteiger partial charge in [-0.1, -0.05) is 32.1 Å². The molecule has 1 heterocycles. The monoisotopic (exact) mass is 411 g/mol. The van der Waals surface area contributed by atoms with E-state index in [0.717, 1.165) is 55.2 Å². The highest BCUT2D eigenvalue weighted by atomic mass is 16.5. The summed E-state index contributed by atoms with van der Waals surface area (Å²) in [6, 6.07) is 8.04. The number of nitrogens with zero attached hydrogens (tertiary/aromatic N) is 1. The maximum Gasteiger partial charge on any atom is 0.318 e. The molecule has 0 radical (unpaired) electrons. The van der Waals surface area contributed by atoms with Gasteiger partial charge in [0.15, 0.2) is 0 Å². The number of amides is 2. The van der Waals surface area contributed by atoms with Crippen LogP contribution in [0.3, 0.4) is 0 Å². The number of aromatic nitrogens is 1. The summed E-state index contributed by atoms with van der Waals surface area (Å²) in [6.07, 6.45) is 10.0. The van der Waals surface area contributed by atoms with Crippen LogP contribution in [0.15, 0.2) is 29.1 Å². The zero-order valence-corrected chi connectivity index (χ0v) is 17.9. The number of carbonyl (C=O) groups excluding carboxylic acids is 1. The van der Waals surface area contributed by atoms with Gasteiger partial charge in [0.2, 0.25) is 0 Å². The van der Waals surface area contributed by atoms with Crippen molar-refractivity contribution in [1.82, 2.24) is 15.2 Å². The topological polar surface area (TPSA) is 74.4 Å². The Bertz CT molecular complexity index is 927. The fourth-order valence-corrected chi connectivity index (χ4v) is 4.87. The number of pyridine rings is 1. The van der Waals surface area contributed by atoms with Crippen molar-refractivity contribution in [3.05, 3.63) is 40.2 Å². The summed E-state index contributed by atoms with van der Waals surface area (Å²) in [5.41, 5.74) is 1.29. The number of fused-ring (bicyclic) bond motifs is 1. The minimum Gasteiger partial charge on any atom is -0.494 e. The molecular formula is C24H33N3O3. The number of hydrogen-bond acceptors (Lipinski definition) is 3. The van der Waals surface area contributed by atoms with Crippen molar-refractivity contribution < 1.29 is 9.53 Å². The third-order valence-corrected chi connectivity index (χ3v) is 6.50. The van der Waals surface area contributed by atoms with Gasteiger partial charge in [-0.3, -0.25) is 4.79 Å². The Morgan fingerprint density at radius 2 is 1.83 bits per heavy atom. The lowest BCUT2D eigenvalue weighted by Crippen LogP contribution is -2.49. The van der Waals surface area contributed by atoms with E-state index in [1.54, 1.807) is 0 Å². The van der Waals surface area contributed by atoms with E-state index in [0.29, 0.717) is 18.7 Å². The van der Waals surface area contributed by atoms with Crippen LogP contribution in [0.5, 0.6) is 5.75 Å². The first kappa shape index (κ1) is 20.8. The lowest BCUT2D eigenvalue weighted by atomic mass is 9.96. The number of urea groups is 1. The number of carbonyl (C=O) groups is 1. The van der Waals surface area contributed by atoms with Crippen molar-refractivity contribution in [1.29, 1.82) is 0 Å². The Hall–Kier alpha value is -2.50. The first-order valence-electron chi connectivity index (χ1n) is 11.5. The normalized spacial score (nSPS) is 17.9. The summed E-state index contributed by atoms with van der Waals surface area (Å²) in [4.78, 5) is 30.8. The molecule has 2 saturated carbocycles. The van der Waals surface area contributed by atoms with Crippen LogP contribution in [0.4, 0.5) is 4.79 Å². The molecule has 6 nitrogen and oxygen atoms in total. The summed E-state index contributed by atoms with van der Waals surface area (Å²) in [7, 11) is 0. The molecule has 0 aliphatic heterocycles. The van der Waals surface area contributed by atoms with E-state index in [4.69, 9.17) is 4.74 Å². The number of aromatic amines is 1. The lowest BCUT2D eigenvalue weighted by molar-refractivity contribution is 0.164. The number of hydrogen-bond donors (Lipinski definition) is 2. The summed E-state index contributed by atoms with van der Waals surface area (Å²) in [5.74, 6) is 0.783. The SMILES string of the molecule is CCOc1ccc2[nH]c(=O)c(CN(C(=O)NC3CCCCC3)C3CCCC3)cc2c1. The van der Waals surface area contributed by atoms with Gasteiger partial charge in [-0.05, 0) is 56.9 Å². The Morgan fingerprint density at radius 3 is 2.57 bits per heavy atom. The molecule has 0 saturated heterocycles. The Morgan fingerprint density at radius 1 is 1.10 bits per heavy atom. The highest BCUT2D eigenvalue weighted by molar-refractivity contribution is 5.81. The minimum absolute atomic E-state index is 0.0173. The Balaban J connectivity index is 1.58. The Labute approximate surface area is 178 Å². The molecule has 4 rings (SSSR count). The molecule has 6 heteroatoms. The average molecular weight is 412 g/mol. The third-order valence-electron chi connectivity index (χ3n) is 6.50. The van der Waals surface area contributed by atoms with Crippen LogP contribution in [-0.2, 0) is 6.54 Å². The van der Waals surface area contributed by atoms with Crippen molar-refractivity contribution in [3.63, 3.8) is 0 Å². The van der Waals surface area contributed by atoms with Crippen molar-refractivity contribution in [2.75, 3.05) is 6.61 Å². The average Bonchev–Trinajstić information content (AvgIpc) is 3.28. The van der Waals surface area contributed by atoms with Crippen LogP contribution in [-0.4, -0.2) is 34.6 Å². The van der Waals surface area contributed by atoms with E-state index in [1.807, 2.05) is 36.1 Å². The molecule has 1 aromatic heterocycles. The van der Waals surface area contributed by atoms with Gasteiger partial charge in [0.05, 0.1) is 13.2 Å². The molecule has 30 heavy (non-hydrogen) atoms. The molecule has 162 valence electrons.